The second-order valence-electron chi connectivity index (χ2n) is 6.92. The molecular formula is C21H22ClN3O3. The van der Waals surface area contributed by atoms with Gasteiger partial charge in [-0.2, -0.15) is 0 Å². The van der Waals surface area contributed by atoms with Crippen molar-refractivity contribution >= 4 is 28.4 Å². The van der Waals surface area contributed by atoms with Gasteiger partial charge < -0.3 is 14.6 Å². The molecule has 1 N–H and O–H groups in total. The van der Waals surface area contributed by atoms with Gasteiger partial charge in [0.25, 0.3) is 11.5 Å². The van der Waals surface area contributed by atoms with E-state index in [2.05, 4.69) is 9.97 Å². The summed E-state index contributed by atoms with van der Waals surface area (Å²) in [6.07, 6.45) is 0. The van der Waals surface area contributed by atoms with Gasteiger partial charge in [-0.1, -0.05) is 23.7 Å². The minimum Gasteiger partial charge on any atom is -0.478 e. The first-order valence-corrected chi connectivity index (χ1v) is 9.40. The quantitative estimate of drug-likeness (QED) is 0.684. The van der Waals surface area contributed by atoms with Crippen LogP contribution in [-0.2, 0) is 11.3 Å². The average molecular weight is 400 g/mol. The molecule has 2 aromatic carbocycles. The summed E-state index contributed by atoms with van der Waals surface area (Å²) in [5.41, 5.74) is -0.719. The van der Waals surface area contributed by atoms with Crippen molar-refractivity contribution in [1.29, 1.82) is 0 Å². The molecule has 0 aliphatic heterocycles. The highest BCUT2D eigenvalue weighted by Crippen LogP contribution is 2.23. The zero-order valence-corrected chi connectivity index (χ0v) is 16.8. The lowest BCUT2D eigenvalue weighted by Crippen LogP contribution is -2.48. The van der Waals surface area contributed by atoms with Crippen LogP contribution in [0.4, 0.5) is 0 Å². The third-order valence-corrected chi connectivity index (χ3v) is 4.63. The van der Waals surface area contributed by atoms with Gasteiger partial charge in [0, 0.05) is 11.6 Å². The molecule has 0 atom stereocenters. The second kappa shape index (κ2) is 8.02. The first-order chi connectivity index (χ1) is 13.3. The predicted molar refractivity (Wildman–Crippen MR) is 110 cm³/mol. The molecule has 1 amide bonds. The van der Waals surface area contributed by atoms with Crippen molar-refractivity contribution in [2.75, 3.05) is 6.54 Å². The van der Waals surface area contributed by atoms with Crippen LogP contribution in [0.25, 0.3) is 10.9 Å². The Balaban J connectivity index is 1.81. The minimum absolute atomic E-state index is 0.183. The molecule has 3 rings (SSSR count). The van der Waals surface area contributed by atoms with Gasteiger partial charge in [-0.25, -0.2) is 4.98 Å². The van der Waals surface area contributed by atoms with E-state index >= 15 is 0 Å². The summed E-state index contributed by atoms with van der Waals surface area (Å²) in [7, 11) is 0. The zero-order chi connectivity index (χ0) is 20.3. The summed E-state index contributed by atoms with van der Waals surface area (Å²) >= 11 is 5.90. The fourth-order valence-electron chi connectivity index (χ4n) is 2.94. The number of H-pyrrole nitrogens is 1. The van der Waals surface area contributed by atoms with Crippen LogP contribution in [0.5, 0.6) is 5.75 Å². The van der Waals surface area contributed by atoms with E-state index in [9.17, 15) is 9.59 Å². The van der Waals surface area contributed by atoms with E-state index in [-0.39, 0.29) is 18.0 Å². The van der Waals surface area contributed by atoms with Crippen LogP contribution in [0.15, 0.2) is 53.3 Å². The van der Waals surface area contributed by atoms with Crippen LogP contribution < -0.4 is 10.3 Å². The molecule has 0 unspecified atom stereocenters. The average Bonchev–Trinajstić information content (AvgIpc) is 2.67. The summed E-state index contributed by atoms with van der Waals surface area (Å²) in [5.74, 6) is 0.776. The van der Waals surface area contributed by atoms with Gasteiger partial charge in [-0.3, -0.25) is 9.59 Å². The van der Waals surface area contributed by atoms with Gasteiger partial charge in [0.15, 0.2) is 5.60 Å². The highest BCUT2D eigenvalue weighted by molar-refractivity contribution is 6.30. The van der Waals surface area contributed by atoms with E-state index in [4.69, 9.17) is 16.3 Å². The number of amides is 1. The van der Waals surface area contributed by atoms with Crippen LogP contribution >= 0.6 is 11.6 Å². The molecule has 1 aromatic heterocycles. The Kier molecular flexibility index (Phi) is 5.70. The lowest BCUT2D eigenvalue weighted by molar-refractivity contribution is -0.146. The molecule has 6 nitrogen and oxygen atoms in total. The number of aromatic nitrogens is 2. The predicted octanol–water partition coefficient (Wildman–Crippen LogP) is 3.78. The first-order valence-electron chi connectivity index (χ1n) is 9.02. The fourth-order valence-corrected chi connectivity index (χ4v) is 3.07. The number of nitrogens with zero attached hydrogens (tertiary/aromatic N) is 2. The van der Waals surface area contributed by atoms with Crippen molar-refractivity contribution in [3.05, 3.63) is 69.7 Å². The number of carbonyl (C=O) groups excluding carboxylic acids is 1. The molecule has 0 saturated heterocycles. The number of likely N-dealkylation sites (N-methyl/N-ethyl adjacent to an activating group) is 1. The lowest BCUT2D eigenvalue weighted by Gasteiger charge is -2.31. The number of carbonyl (C=O) groups is 1. The van der Waals surface area contributed by atoms with E-state index in [0.717, 1.165) is 0 Å². The van der Waals surface area contributed by atoms with Crippen molar-refractivity contribution in [2.24, 2.45) is 0 Å². The summed E-state index contributed by atoms with van der Waals surface area (Å²) in [6, 6.07) is 14.0. The molecule has 3 aromatic rings. The number of hydrogen-bond acceptors (Lipinski definition) is 4. The van der Waals surface area contributed by atoms with Gasteiger partial charge in [0.05, 0.1) is 17.4 Å². The van der Waals surface area contributed by atoms with Gasteiger partial charge in [-0.15, -0.1) is 0 Å². The van der Waals surface area contributed by atoms with E-state index in [1.165, 1.54) is 0 Å². The Bertz CT molecular complexity index is 1040. The Morgan fingerprint density at radius 3 is 2.54 bits per heavy atom. The molecule has 1 heterocycles. The van der Waals surface area contributed by atoms with Crippen molar-refractivity contribution in [3.63, 3.8) is 0 Å². The Hall–Kier alpha value is -2.86. The smallest absolute Gasteiger partial charge is 0.266 e. The lowest BCUT2D eigenvalue weighted by atomic mass is 10.1. The number of benzene rings is 2. The van der Waals surface area contributed by atoms with E-state index in [0.29, 0.717) is 34.0 Å². The first kappa shape index (κ1) is 19.9. The number of para-hydroxylation sites is 1. The summed E-state index contributed by atoms with van der Waals surface area (Å²) in [5, 5.41) is 1.12. The van der Waals surface area contributed by atoms with E-state index in [1.54, 1.807) is 61.2 Å². The molecule has 0 bridgehead atoms. The number of nitrogens with one attached hydrogen (secondary N) is 1. The molecular weight excluding hydrogens is 378 g/mol. The molecule has 0 aliphatic carbocycles. The standard InChI is InChI=1S/C21H22ClN3O3/c1-4-25(13-18-23-17-8-6-5-7-16(17)19(26)24-18)20(27)21(2,3)28-15-11-9-14(22)10-12-15/h5-12H,4,13H2,1-3H3,(H,23,24,26). The van der Waals surface area contributed by atoms with Crippen LogP contribution in [0.3, 0.4) is 0 Å². The largest absolute Gasteiger partial charge is 0.478 e. The Morgan fingerprint density at radius 2 is 1.86 bits per heavy atom. The minimum atomic E-state index is -1.10. The van der Waals surface area contributed by atoms with Crippen molar-refractivity contribution < 1.29 is 9.53 Å². The number of halogens is 1. The Morgan fingerprint density at radius 1 is 1.18 bits per heavy atom. The number of ether oxygens (including phenoxy) is 1. The number of fused-ring (bicyclic) bond motifs is 1. The van der Waals surface area contributed by atoms with Crippen LogP contribution in [0.1, 0.15) is 26.6 Å². The molecule has 0 fully saturated rings. The summed E-state index contributed by atoms with van der Waals surface area (Å²) < 4.78 is 5.89. The molecule has 0 saturated carbocycles. The van der Waals surface area contributed by atoms with Crippen LogP contribution in [0.2, 0.25) is 5.02 Å². The summed E-state index contributed by atoms with van der Waals surface area (Å²) in [4.78, 5) is 34.2. The number of rotatable bonds is 6. The topological polar surface area (TPSA) is 75.3 Å². The summed E-state index contributed by atoms with van der Waals surface area (Å²) in [6.45, 7) is 5.92. The highest BCUT2D eigenvalue weighted by Gasteiger charge is 2.34. The molecule has 146 valence electrons. The van der Waals surface area contributed by atoms with Crippen LogP contribution in [0, 0.1) is 0 Å². The van der Waals surface area contributed by atoms with E-state index < -0.39 is 5.60 Å². The maximum absolute atomic E-state index is 13.1. The monoisotopic (exact) mass is 399 g/mol. The maximum atomic E-state index is 13.1. The van der Waals surface area contributed by atoms with Crippen LogP contribution in [-0.4, -0.2) is 32.9 Å². The molecule has 0 radical (unpaired) electrons. The van der Waals surface area contributed by atoms with Gasteiger partial charge in [-0.05, 0) is 57.2 Å². The highest BCUT2D eigenvalue weighted by atomic mass is 35.5. The van der Waals surface area contributed by atoms with Crippen molar-refractivity contribution in [1.82, 2.24) is 14.9 Å². The van der Waals surface area contributed by atoms with Crippen molar-refractivity contribution in [2.45, 2.75) is 32.9 Å². The third kappa shape index (κ3) is 4.34. The second-order valence-corrected chi connectivity index (χ2v) is 7.35. The van der Waals surface area contributed by atoms with Gasteiger partial charge in [0.2, 0.25) is 0 Å². The number of hydrogen-bond donors (Lipinski definition) is 1. The van der Waals surface area contributed by atoms with Gasteiger partial charge >= 0.3 is 0 Å². The maximum Gasteiger partial charge on any atom is 0.266 e. The SMILES string of the molecule is CCN(Cc1nc2ccccc2c(=O)[nH]1)C(=O)C(C)(C)Oc1ccc(Cl)cc1. The van der Waals surface area contributed by atoms with Crippen molar-refractivity contribution in [3.8, 4) is 5.75 Å². The zero-order valence-electron chi connectivity index (χ0n) is 16.0. The number of aromatic amines is 1. The molecule has 0 spiro atoms. The normalized spacial score (nSPS) is 11.4. The third-order valence-electron chi connectivity index (χ3n) is 4.37. The molecule has 7 heteroatoms. The molecule has 0 aliphatic rings. The Labute approximate surface area is 168 Å². The van der Waals surface area contributed by atoms with Gasteiger partial charge in [0.1, 0.15) is 11.6 Å². The fraction of sp³-hybridized carbons (Fsp3) is 0.286. The van der Waals surface area contributed by atoms with E-state index in [1.807, 2.05) is 13.0 Å². The molecule has 28 heavy (non-hydrogen) atoms.